The molecule has 1 aromatic rings. The van der Waals surface area contributed by atoms with Crippen molar-refractivity contribution >= 4 is 5.91 Å². The summed E-state index contributed by atoms with van der Waals surface area (Å²) in [4.78, 5) is 11.6. The van der Waals surface area contributed by atoms with Crippen LogP contribution in [0.5, 0.6) is 0 Å². The van der Waals surface area contributed by atoms with Gasteiger partial charge >= 0.3 is 0 Å². The molecule has 0 bridgehead atoms. The Balaban J connectivity index is -0.000000195. The van der Waals surface area contributed by atoms with Crippen LogP contribution in [-0.2, 0) is 4.79 Å². The molecule has 2 heteroatoms. The Hall–Kier alpha value is -1.31. The Morgan fingerprint density at radius 2 is 1.12 bits per heavy atom. The minimum absolute atomic E-state index is 0. The quantitative estimate of drug-likeness (QED) is 0.659. The van der Waals surface area contributed by atoms with E-state index >= 15 is 0 Å². The van der Waals surface area contributed by atoms with Crippen molar-refractivity contribution in [3.8, 4) is 0 Å². The molecule has 0 aliphatic carbocycles. The molecule has 0 unspecified atom stereocenters. The number of rotatable bonds is 0. The minimum Gasteiger partial charge on any atom is -0.349 e. The van der Waals surface area contributed by atoms with Crippen molar-refractivity contribution in [2.45, 2.75) is 35.6 Å². The van der Waals surface area contributed by atoms with E-state index in [4.69, 9.17) is 0 Å². The van der Waals surface area contributed by atoms with Crippen molar-refractivity contribution in [1.29, 1.82) is 0 Å². The van der Waals surface area contributed by atoms with Gasteiger partial charge in [-0.3, -0.25) is 4.79 Å². The molecule has 1 rings (SSSR count). The highest BCUT2D eigenvalue weighted by Crippen LogP contribution is 1.99. The normalized spacial score (nSPS) is 7.56. The van der Waals surface area contributed by atoms with Gasteiger partial charge in [0, 0.05) is 21.0 Å². The molecule has 0 saturated heterocycles. The molecule has 0 N–H and O–H groups in total. The van der Waals surface area contributed by atoms with Crippen molar-refractivity contribution in [1.82, 2.24) is 4.90 Å². The van der Waals surface area contributed by atoms with E-state index < -0.39 is 0 Å². The minimum atomic E-state index is 0. The molecule has 0 aromatic heterocycles. The molecule has 0 aliphatic rings. The third-order valence-corrected chi connectivity index (χ3v) is 1.85. The van der Waals surface area contributed by atoms with Gasteiger partial charge < -0.3 is 4.90 Å². The fourth-order valence-corrected chi connectivity index (χ4v) is 0.637. The zero-order valence-electron chi connectivity index (χ0n) is 9.66. The summed E-state index contributed by atoms with van der Waals surface area (Å²) >= 11 is 0. The van der Waals surface area contributed by atoms with Gasteiger partial charge in [0.1, 0.15) is 0 Å². The third-order valence-electron chi connectivity index (χ3n) is 1.85. The lowest BCUT2D eigenvalue weighted by Crippen LogP contribution is -2.17. The molecule has 1 amide bonds. The largest absolute Gasteiger partial charge is 0.349 e. The zero-order valence-corrected chi connectivity index (χ0v) is 9.66. The fourth-order valence-electron chi connectivity index (χ4n) is 0.637. The number of amides is 1. The summed E-state index contributed by atoms with van der Waals surface area (Å²) in [6, 6.07) is 8.48. The molecular weight excluding hydrogens is 198 g/mol. The van der Waals surface area contributed by atoms with Crippen molar-refractivity contribution in [2.24, 2.45) is 0 Å². The molecule has 0 atom stereocenters. The molecule has 0 aliphatic heterocycles. The van der Waals surface area contributed by atoms with E-state index in [-0.39, 0.29) is 20.8 Å². The highest BCUT2D eigenvalue weighted by Gasteiger charge is 1.87. The fraction of sp³-hybridized carbons (Fsp3) is 0.500. The maximum Gasteiger partial charge on any atom is 0.218 e. The molecule has 94 valence electrons. The average molecular weight is 225 g/mol. The van der Waals surface area contributed by atoms with Crippen LogP contribution in [0, 0.1) is 13.8 Å². The van der Waals surface area contributed by atoms with Gasteiger partial charge in [-0.2, -0.15) is 0 Å². The maximum atomic E-state index is 10.1. The van der Waals surface area contributed by atoms with Crippen LogP contribution in [0.4, 0.5) is 0 Å². The summed E-state index contributed by atoms with van der Waals surface area (Å²) in [6.07, 6.45) is 0. The van der Waals surface area contributed by atoms with Crippen LogP contribution in [0.2, 0.25) is 0 Å². The first-order valence-corrected chi connectivity index (χ1v) is 4.64. The van der Waals surface area contributed by atoms with Gasteiger partial charge in [-0.1, -0.05) is 50.2 Å². The molecule has 1 aromatic carbocycles. The van der Waals surface area contributed by atoms with Crippen LogP contribution in [0.25, 0.3) is 0 Å². The van der Waals surface area contributed by atoms with E-state index in [0.717, 1.165) is 0 Å². The summed E-state index contributed by atoms with van der Waals surface area (Å²) in [5, 5.41) is 0. The van der Waals surface area contributed by atoms with Crippen molar-refractivity contribution < 1.29 is 4.79 Å². The van der Waals surface area contributed by atoms with Crippen molar-refractivity contribution in [3.63, 3.8) is 0 Å². The second-order valence-corrected chi connectivity index (χ2v) is 3.57. The Morgan fingerprint density at radius 3 is 1.25 bits per heavy atom. The monoisotopic (exact) mass is 225 g/mol. The number of carbonyl (C=O) groups excluding carboxylic acids is 1. The van der Waals surface area contributed by atoms with Gasteiger partial charge in [-0.05, 0) is 13.8 Å². The van der Waals surface area contributed by atoms with Crippen LogP contribution in [-0.4, -0.2) is 24.9 Å². The van der Waals surface area contributed by atoms with Gasteiger partial charge in [-0.25, -0.2) is 0 Å². The Labute approximate surface area is 101 Å². The highest BCUT2D eigenvalue weighted by molar-refractivity contribution is 5.72. The lowest BCUT2D eigenvalue weighted by atomic mass is 10.2. The number of hydrogen-bond donors (Lipinski definition) is 0. The van der Waals surface area contributed by atoms with E-state index in [2.05, 4.69) is 38.1 Å². The van der Waals surface area contributed by atoms with E-state index in [9.17, 15) is 4.79 Å². The summed E-state index contributed by atoms with van der Waals surface area (Å²) in [5.41, 5.74) is 2.66. The Kier molecular flexibility index (Phi) is 12.9. The summed E-state index contributed by atoms with van der Waals surface area (Å²) in [7, 11) is 3.45. The predicted molar refractivity (Wildman–Crippen MR) is 73.7 cm³/mol. The molecular formula is C14H27NO. The van der Waals surface area contributed by atoms with E-state index in [1.165, 1.54) is 23.0 Å². The van der Waals surface area contributed by atoms with Crippen LogP contribution >= 0.6 is 0 Å². The number of carbonyl (C=O) groups is 1. The standard InChI is InChI=1S/C8H10.C4H9NO.2CH4/c1-7-3-5-8(2)6-4-7;1-4(6)5(2)3;;/h3-6H,1-2H3;1-3H3;2*1H4. The van der Waals surface area contributed by atoms with Crippen LogP contribution in [0.3, 0.4) is 0 Å². The summed E-state index contributed by atoms with van der Waals surface area (Å²) in [5.74, 6) is 0.0926. The second-order valence-electron chi connectivity index (χ2n) is 3.57. The second kappa shape index (κ2) is 10.2. The summed E-state index contributed by atoms with van der Waals surface area (Å²) < 4.78 is 0. The molecule has 0 heterocycles. The smallest absolute Gasteiger partial charge is 0.218 e. The Morgan fingerprint density at radius 1 is 0.938 bits per heavy atom. The third kappa shape index (κ3) is 10.8. The first-order valence-electron chi connectivity index (χ1n) is 4.64. The predicted octanol–water partition coefficient (Wildman–Crippen LogP) is 3.67. The van der Waals surface area contributed by atoms with Gasteiger partial charge in [0.05, 0.1) is 0 Å². The van der Waals surface area contributed by atoms with E-state index in [1.807, 2.05) is 0 Å². The number of nitrogens with zero attached hydrogens (tertiary/aromatic N) is 1. The molecule has 0 radical (unpaired) electrons. The maximum absolute atomic E-state index is 10.1. The van der Waals surface area contributed by atoms with Gasteiger partial charge in [0.15, 0.2) is 0 Å². The Bertz CT molecular complexity index is 254. The lowest BCUT2D eigenvalue weighted by molar-refractivity contribution is -0.126. The van der Waals surface area contributed by atoms with E-state index in [0.29, 0.717) is 0 Å². The molecule has 16 heavy (non-hydrogen) atoms. The highest BCUT2D eigenvalue weighted by atomic mass is 16.2. The molecule has 0 spiro atoms. The van der Waals surface area contributed by atoms with Crippen molar-refractivity contribution in [2.75, 3.05) is 14.1 Å². The van der Waals surface area contributed by atoms with Gasteiger partial charge in [0.25, 0.3) is 0 Å². The van der Waals surface area contributed by atoms with Gasteiger partial charge in [0.2, 0.25) is 5.91 Å². The molecule has 0 saturated carbocycles. The lowest BCUT2D eigenvalue weighted by Gasteiger charge is -2.02. The first kappa shape index (κ1) is 20.1. The molecule has 0 fully saturated rings. The zero-order chi connectivity index (χ0) is 11.1. The van der Waals surface area contributed by atoms with Crippen molar-refractivity contribution in [3.05, 3.63) is 35.4 Å². The topological polar surface area (TPSA) is 20.3 Å². The van der Waals surface area contributed by atoms with Crippen LogP contribution in [0.1, 0.15) is 32.9 Å². The number of benzene rings is 1. The van der Waals surface area contributed by atoms with Gasteiger partial charge in [-0.15, -0.1) is 0 Å². The van der Waals surface area contributed by atoms with Crippen LogP contribution < -0.4 is 0 Å². The summed E-state index contributed by atoms with van der Waals surface area (Å²) in [6.45, 7) is 5.72. The molecule has 2 nitrogen and oxygen atoms in total. The van der Waals surface area contributed by atoms with Crippen LogP contribution in [0.15, 0.2) is 24.3 Å². The number of hydrogen-bond acceptors (Lipinski definition) is 1. The van der Waals surface area contributed by atoms with E-state index in [1.54, 1.807) is 14.1 Å². The average Bonchev–Trinajstić information content (AvgIpc) is 2.11. The number of aryl methyl sites for hydroxylation is 2. The SMILES string of the molecule is C.C.CC(=O)N(C)C.Cc1ccc(C)cc1. The first-order chi connectivity index (χ1) is 6.43.